The van der Waals surface area contributed by atoms with E-state index in [2.05, 4.69) is 24.5 Å². The zero-order valence-electron chi connectivity index (χ0n) is 18.6. The van der Waals surface area contributed by atoms with Crippen LogP contribution in [0.15, 0.2) is 60.7 Å². The second-order valence-electron chi connectivity index (χ2n) is 9.00. The van der Waals surface area contributed by atoms with E-state index in [0.29, 0.717) is 23.1 Å². The van der Waals surface area contributed by atoms with E-state index in [1.54, 1.807) is 30.3 Å². The molecule has 0 bridgehead atoms. The standard InChI is InChI=1S/C26H34F2N2O/c1-4-5-6-7-18(2)20-12-14-23(15-13-20)30(24-16-17-24)25(31)22-10-8-21(9-11-22)19(3)26(27,28)29/h4-11,19-20,23-24H,1,12-17,29H2,2-3H3/b6-5-,18-7+. The Hall–Kier alpha value is -2.27. The minimum Gasteiger partial charge on any atom is -0.333 e. The fourth-order valence-electron chi connectivity index (χ4n) is 4.50. The molecule has 2 saturated carbocycles. The molecular formula is C26H34F2N2O. The predicted octanol–water partition coefficient (Wildman–Crippen LogP) is 6.19. The molecule has 2 aliphatic carbocycles. The van der Waals surface area contributed by atoms with E-state index in [-0.39, 0.29) is 11.9 Å². The summed E-state index contributed by atoms with van der Waals surface area (Å²) in [6.07, 6.45) is 14.1. The molecule has 3 nitrogen and oxygen atoms in total. The van der Waals surface area contributed by atoms with Gasteiger partial charge in [-0.25, -0.2) is 0 Å². The molecule has 2 aliphatic rings. The van der Waals surface area contributed by atoms with Crippen molar-refractivity contribution in [3.63, 3.8) is 0 Å². The van der Waals surface area contributed by atoms with Crippen molar-refractivity contribution in [1.82, 2.24) is 4.90 Å². The summed E-state index contributed by atoms with van der Waals surface area (Å²) in [6, 6.07) is 3.82. The number of nitrogens with two attached hydrogens (primary N) is 1. The molecule has 1 atom stereocenters. The third kappa shape index (κ3) is 5.91. The Bertz CT molecular complexity index is 826. The van der Waals surface area contributed by atoms with Gasteiger partial charge in [0.15, 0.2) is 0 Å². The van der Waals surface area contributed by atoms with Gasteiger partial charge in [-0.05, 0) is 69.1 Å². The summed E-state index contributed by atoms with van der Waals surface area (Å²) in [5, 5.41) is 0. The summed E-state index contributed by atoms with van der Waals surface area (Å²) in [7, 11) is 0. The third-order valence-electron chi connectivity index (χ3n) is 6.75. The molecule has 2 N–H and O–H groups in total. The minimum atomic E-state index is -3.28. The quantitative estimate of drug-likeness (QED) is 0.396. The molecule has 0 heterocycles. The highest BCUT2D eigenvalue weighted by molar-refractivity contribution is 5.95. The van der Waals surface area contributed by atoms with E-state index in [0.717, 1.165) is 38.5 Å². The Morgan fingerprint density at radius 3 is 2.13 bits per heavy atom. The van der Waals surface area contributed by atoms with Gasteiger partial charge >= 0.3 is 6.05 Å². The number of alkyl halides is 2. The molecule has 3 rings (SSSR count). The van der Waals surface area contributed by atoms with E-state index >= 15 is 0 Å². The maximum atomic E-state index is 13.4. The smallest absolute Gasteiger partial charge is 0.306 e. The van der Waals surface area contributed by atoms with Crippen molar-refractivity contribution in [2.75, 3.05) is 0 Å². The van der Waals surface area contributed by atoms with E-state index < -0.39 is 12.0 Å². The van der Waals surface area contributed by atoms with Crippen LogP contribution < -0.4 is 5.73 Å². The van der Waals surface area contributed by atoms with Crippen molar-refractivity contribution in [1.29, 1.82) is 0 Å². The summed E-state index contributed by atoms with van der Waals surface area (Å²) in [6.45, 7) is 7.27. The van der Waals surface area contributed by atoms with Gasteiger partial charge in [0, 0.05) is 17.6 Å². The zero-order valence-corrected chi connectivity index (χ0v) is 18.6. The lowest BCUT2D eigenvalue weighted by Gasteiger charge is -2.37. The van der Waals surface area contributed by atoms with Crippen LogP contribution in [-0.2, 0) is 0 Å². The summed E-state index contributed by atoms with van der Waals surface area (Å²) in [5.74, 6) is -0.518. The van der Waals surface area contributed by atoms with Crippen molar-refractivity contribution in [2.45, 2.75) is 76.4 Å². The van der Waals surface area contributed by atoms with E-state index in [4.69, 9.17) is 5.73 Å². The maximum Gasteiger partial charge on any atom is 0.306 e. The molecule has 5 heteroatoms. The normalized spacial score (nSPS) is 23.6. The largest absolute Gasteiger partial charge is 0.333 e. The summed E-state index contributed by atoms with van der Waals surface area (Å²) < 4.78 is 26.8. The van der Waals surface area contributed by atoms with Gasteiger partial charge in [0.1, 0.15) is 0 Å². The number of hydrogen-bond acceptors (Lipinski definition) is 2. The molecular weight excluding hydrogens is 394 g/mol. The van der Waals surface area contributed by atoms with Crippen LogP contribution in [0, 0.1) is 5.92 Å². The van der Waals surface area contributed by atoms with Crippen LogP contribution in [0.2, 0.25) is 0 Å². The number of amides is 1. The van der Waals surface area contributed by atoms with Gasteiger partial charge in [-0.15, -0.1) is 0 Å². The van der Waals surface area contributed by atoms with Gasteiger partial charge in [0.05, 0.1) is 5.92 Å². The number of carbonyl (C=O) groups excluding carboxylic acids is 1. The van der Waals surface area contributed by atoms with E-state index in [1.165, 1.54) is 12.5 Å². The molecule has 0 aromatic heterocycles. The first kappa shape index (κ1) is 23.4. The van der Waals surface area contributed by atoms with Crippen LogP contribution in [0.3, 0.4) is 0 Å². The van der Waals surface area contributed by atoms with Crippen molar-refractivity contribution in [2.24, 2.45) is 11.7 Å². The topological polar surface area (TPSA) is 46.3 Å². The number of benzene rings is 1. The first-order valence-corrected chi connectivity index (χ1v) is 11.3. The Labute approximate surface area is 184 Å². The molecule has 0 radical (unpaired) electrons. The summed E-state index contributed by atoms with van der Waals surface area (Å²) in [5.41, 5.74) is 7.33. The van der Waals surface area contributed by atoms with Gasteiger partial charge in [0.25, 0.3) is 5.91 Å². The Morgan fingerprint density at radius 1 is 1.10 bits per heavy atom. The lowest BCUT2D eigenvalue weighted by molar-refractivity contribution is -0.0156. The fraction of sp³-hybridized carbons (Fsp3) is 0.500. The molecule has 0 saturated heterocycles. The highest BCUT2D eigenvalue weighted by Gasteiger charge is 2.39. The molecule has 1 amide bonds. The van der Waals surface area contributed by atoms with Crippen molar-refractivity contribution < 1.29 is 13.6 Å². The number of carbonyl (C=O) groups is 1. The minimum absolute atomic E-state index is 0.0193. The van der Waals surface area contributed by atoms with Gasteiger partial charge < -0.3 is 4.90 Å². The number of nitrogens with zero attached hydrogens (tertiary/aromatic N) is 1. The second-order valence-corrected chi connectivity index (χ2v) is 9.00. The zero-order chi connectivity index (χ0) is 22.6. The van der Waals surface area contributed by atoms with Crippen LogP contribution >= 0.6 is 0 Å². The van der Waals surface area contributed by atoms with Crippen molar-refractivity contribution in [3.8, 4) is 0 Å². The molecule has 2 fully saturated rings. The van der Waals surface area contributed by atoms with Crippen LogP contribution in [0.25, 0.3) is 0 Å². The number of rotatable bonds is 8. The third-order valence-corrected chi connectivity index (χ3v) is 6.75. The number of allylic oxidation sites excluding steroid dienone is 5. The Kier molecular flexibility index (Phi) is 7.47. The number of hydrogen-bond donors (Lipinski definition) is 1. The monoisotopic (exact) mass is 428 g/mol. The molecule has 0 spiro atoms. The first-order chi connectivity index (χ1) is 14.7. The van der Waals surface area contributed by atoms with Crippen LogP contribution in [0.4, 0.5) is 8.78 Å². The van der Waals surface area contributed by atoms with Crippen LogP contribution in [0.5, 0.6) is 0 Å². The van der Waals surface area contributed by atoms with E-state index in [9.17, 15) is 13.6 Å². The molecule has 0 aliphatic heterocycles. The Balaban J connectivity index is 1.66. The average molecular weight is 429 g/mol. The average Bonchev–Trinajstić information content (AvgIpc) is 3.58. The second kappa shape index (κ2) is 9.90. The van der Waals surface area contributed by atoms with Gasteiger partial charge in [0.2, 0.25) is 0 Å². The predicted molar refractivity (Wildman–Crippen MR) is 122 cm³/mol. The maximum absolute atomic E-state index is 13.4. The SMILES string of the molecule is C=C/C=C\C=C(/C)C1CCC(N(C(=O)c2ccc(C(C)C(N)(F)F)cc2)C2CC2)CC1. The van der Waals surface area contributed by atoms with Crippen LogP contribution in [0.1, 0.15) is 74.2 Å². The fourth-order valence-corrected chi connectivity index (χ4v) is 4.50. The van der Waals surface area contributed by atoms with Gasteiger partial charge in [-0.1, -0.05) is 55.5 Å². The molecule has 1 aromatic rings. The highest BCUT2D eigenvalue weighted by atomic mass is 19.3. The van der Waals surface area contributed by atoms with Gasteiger partial charge in [-0.3, -0.25) is 10.5 Å². The van der Waals surface area contributed by atoms with Gasteiger partial charge in [-0.2, -0.15) is 8.78 Å². The Morgan fingerprint density at radius 2 is 1.65 bits per heavy atom. The highest BCUT2D eigenvalue weighted by Crippen LogP contribution is 2.38. The van der Waals surface area contributed by atoms with Crippen molar-refractivity contribution in [3.05, 3.63) is 71.8 Å². The first-order valence-electron chi connectivity index (χ1n) is 11.3. The lowest BCUT2D eigenvalue weighted by Crippen LogP contribution is -2.44. The lowest BCUT2D eigenvalue weighted by atomic mass is 9.81. The molecule has 1 aromatic carbocycles. The molecule has 31 heavy (non-hydrogen) atoms. The van der Waals surface area contributed by atoms with Crippen molar-refractivity contribution >= 4 is 5.91 Å². The van der Waals surface area contributed by atoms with Crippen LogP contribution in [-0.4, -0.2) is 28.9 Å². The summed E-state index contributed by atoms with van der Waals surface area (Å²) in [4.78, 5) is 15.4. The summed E-state index contributed by atoms with van der Waals surface area (Å²) >= 11 is 0. The molecule has 1 unspecified atom stereocenters. The molecule has 168 valence electrons. The van der Waals surface area contributed by atoms with E-state index in [1.807, 2.05) is 12.2 Å². The number of halogens is 2.